The third-order valence-corrected chi connectivity index (χ3v) is 3.95. The van der Waals surface area contributed by atoms with E-state index in [1.165, 1.54) is 18.4 Å². The number of fused-ring (bicyclic) bond motifs is 1. The van der Waals surface area contributed by atoms with E-state index in [4.69, 9.17) is 11.5 Å². The maximum absolute atomic E-state index is 11.7. The molecule has 0 spiro atoms. The van der Waals surface area contributed by atoms with Crippen LogP contribution in [0.3, 0.4) is 0 Å². The normalized spacial score (nSPS) is 14.6. The van der Waals surface area contributed by atoms with E-state index >= 15 is 0 Å². The Balaban J connectivity index is 2.10. The summed E-state index contributed by atoms with van der Waals surface area (Å²) in [6, 6.07) is 5.06. The molecule has 6 heteroatoms. The van der Waals surface area contributed by atoms with Crippen molar-refractivity contribution in [3.63, 3.8) is 0 Å². The van der Waals surface area contributed by atoms with Crippen molar-refractivity contribution in [1.29, 1.82) is 0 Å². The van der Waals surface area contributed by atoms with Crippen LogP contribution in [0.1, 0.15) is 41.6 Å². The summed E-state index contributed by atoms with van der Waals surface area (Å²) < 4.78 is 0. The van der Waals surface area contributed by atoms with Gasteiger partial charge in [-0.15, -0.1) is 0 Å². The van der Waals surface area contributed by atoms with Crippen molar-refractivity contribution < 1.29 is 9.59 Å². The van der Waals surface area contributed by atoms with Gasteiger partial charge in [-0.2, -0.15) is 0 Å². The molecule has 0 bridgehead atoms. The van der Waals surface area contributed by atoms with E-state index < -0.39 is 11.9 Å². The Bertz CT molecular complexity index is 789. The fourth-order valence-corrected chi connectivity index (χ4v) is 2.97. The van der Waals surface area contributed by atoms with Crippen LogP contribution in [0.2, 0.25) is 0 Å². The number of primary amides is 2. The number of allylic oxidation sites excluding steroid dienone is 2. The Hall–Kier alpha value is -2.76. The molecule has 1 aromatic heterocycles. The smallest absolute Gasteiger partial charge is 0.317 e. The average molecular weight is 298 g/mol. The fourth-order valence-electron chi connectivity index (χ4n) is 2.97. The summed E-state index contributed by atoms with van der Waals surface area (Å²) in [7, 11) is 0. The van der Waals surface area contributed by atoms with Crippen LogP contribution in [0.5, 0.6) is 0 Å². The quantitative estimate of drug-likeness (QED) is 0.698. The Morgan fingerprint density at radius 1 is 1.18 bits per heavy atom. The first kappa shape index (κ1) is 14.2. The molecule has 1 aliphatic carbocycles. The molecule has 6 nitrogen and oxygen atoms in total. The van der Waals surface area contributed by atoms with Crippen LogP contribution in [0.15, 0.2) is 24.3 Å². The molecule has 0 radical (unpaired) electrons. The van der Waals surface area contributed by atoms with Gasteiger partial charge < -0.3 is 16.5 Å². The summed E-state index contributed by atoms with van der Waals surface area (Å²) in [6.45, 7) is 0. The highest BCUT2D eigenvalue weighted by molar-refractivity contribution is 6.13. The second-order valence-corrected chi connectivity index (χ2v) is 5.46. The van der Waals surface area contributed by atoms with Gasteiger partial charge in [0.1, 0.15) is 5.82 Å². The summed E-state index contributed by atoms with van der Waals surface area (Å²) in [5.41, 5.74) is 14.0. The predicted octanol–water partition coefficient (Wildman–Crippen LogP) is 2.71. The molecule has 114 valence electrons. The molecule has 3 amide bonds. The zero-order valence-electron chi connectivity index (χ0n) is 12.1. The minimum Gasteiger partial charge on any atom is -0.365 e. The molecule has 0 atom stereocenters. The standard InChI is InChI=1S/C16H18N4O2/c17-14(21)13-11-7-6-10(9-4-2-1-3-5-9)8-12(11)19-15(13)20-16(18)22/h4,6-8,19H,1-3,5H2,(H2,17,21)(H3,18,20,22). The van der Waals surface area contributed by atoms with Crippen LogP contribution in [0.4, 0.5) is 10.6 Å². The summed E-state index contributed by atoms with van der Waals surface area (Å²) in [5, 5.41) is 3.09. The maximum atomic E-state index is 11.7. The number of anilines is 1. The Kier molecular flexibility index (Phi) is 3.58. The van der Waals surface area contributed by atoms with Gasteiger partial charge in [0.05, 0.1) is 5.56 Å². The molecule has 2 aromatic rings. The van der Waals surface area contributed by atoms with Gasteiger partial charge >= 0.3 is 6.03 Å². The van der Waals surface area contributed by atoms with Crippen LogP contribution in [0, 0.1) is 0 Å². The van der Waals surface area contributed by atoms with E-state index in [1.54, 1.807) is 0 Å². The molecule has 0 aliphatic heterocycles. The molecular weight excluding hydrogens is 280 g/mol. The number of nitrogens with one attached hydrogen (secondary N) is 2. The molecule has 6 N–H and O–H groups in total. The summed E-state index contributed by atoms with van der Waals surface area (Å²) in [5.74, 6) is -0.371. The van der Waals surface area contributed by atoms with Gasteiger partial charge in [-0.1, -0.05) is 18.2 Å². The highest BCUT2D eigenvalue weighted by Gasteiger charge is 2.18. The van der Waals surface area contributed by atoms with Crippen molar-refractivity contribution >= 4 is 34.2 Å². The summed E-state index contributed by atoms with van der Waals surface area (Å²) in [4.78, 5) is 25.7. The van der Waals surface area contributed by atoms with Crippen LogP contribution in [0.25, 0.3) is 16.5 Å². The lowest BCUT2D eigenvalue weighted by Gasteiger charge is -2.12. The monoisotopic (exact) mass is 298 g/mol. The maximum Gasteiger partial charge on any atom is 0.317 e. The zero-order chi connectivity index (χ0) is 15.7. The summed E-state index contributed by atoms with van der Waals surface area (Å²) in [6.07, 6.45) is 6.83. The van der Waals surface area contributed by atoms with Crippen molar-refractivity contribution in [2.75, 3.05) is 5.32 Å². The average Bonchev–Trinajstić information content (AvgIpc) is 2.84. The van der Waals surface area contributed by atoms with Gasteiger partial charge in [0.2, 0.25) is 0 Å². The number of carbonyl (C=O) groups excluding carboxylic acids is 2. The number of nitrogens with two attached hydrogens (primary N) is 2. The number of hydrogen-bond donors (Lipinski definition) is 4. The second kappa shape index (κ2) is 5.55. The predicted molar refractivity (Wildman–Crippen MR) is 86.5 cm³/mol. The highest BCUT2D eigenvalue weighted by atomic mass is 16.2. The third kappa shape index (κ3) is 2.55. The number of amides is 3. The lowest BCUT2D eigenvalue weighted by Crippen LogP contribution is -2.22. The topological polar surface area (TPSA) is 114 Å². The first-order valence-electron chi connectivity index (χ1n) is 7.27. The molecule has 0 saturated carbocycles. The number of carbonyl (C=O) groups is 2. The van der Waals surface area contributed by atoms with Crippen LogP contribution < -0.4 is 16.8 Å². The molecular formula is C16H18N4O2. The molecule has 1 heterocycles. The van der Waals surface area contributed by atoms with Gasteiger partial charge in [0.25, 0.3) is 5.91 Å². The van der Waals surface area contributed by atoms with E-state index in [1.807, 2.05) is 18.2 Å². The fraction of sp³-hybridized carbons (Fsp3) is 0.250. The number of aromatic amines is 1. The highest BCUT2D eigenvalue weighted by Crippen LogP contribution is 2.32. The number of aromatic nitrogens is 1. The lowest BCUT2D eigenvalue weighted by atomic mass is 9.93. The minimum absolute atomic E-state index is 0.241. The summed E-state index contributed by atoms with van der Waals surface area (Å²) >= 11 is 0. The lowest BCUT2D eigenvalue weighted by molar-refractivity contribution is 0.100. The number of urea groups is 1. The van der Waals surface area contributed by atoms with Crippen molar-refractivity contribution in [1.82, 2.24) is 4.98 Å². The van der Waals surface area contributed by atoms with Gasteiger partial charge in [-0.25, -0.2) is 4.79 Å². The third-order valence-electron chi connectivity index (χ3n) is 3.95. The first-order valence-corrected chi connectivity index (χ1v) is 7.27. The van der Waals surface area contributed by atoms with E-state index in [0.29, 0.717) is 5.39 Å². The molecule has 0 fully saturated rings. The van der Waals surface area contributed by atoms with Gasteiger partial charge in [-0.3, -0.25) is 10.1 Å². The largest absolute Gasteiger partial charge is 0.365 e. The molecule has 3 rings (SSSR count). The number of rotatable bonds is 3. The van der Waals surface area contributed by atoms with Crippen LogP contribution >= 0.6 is 0 Å². The van der Waals surface area contributed by atoms with Crippen molar-refractivity contribution in [3.8, 4) is 0 Å². The van der Waals surface area contributed by atoms with Crippen molar-refractivity contribution in [2.24, 2.45) is 11.5 Å². The molecule has 0 saturated heterocycles. The Morgan fingerprint density at radius 2 is 2.00 bits per heavy atom. The van der Waals surface area contributed by atoms with Gasteiger partial charge in [0, 0.05) is 10.9 Å². The SMILES string of the molecule is NC(=O)Nc1[nH]c2cc(C3=CCCCC3)ccc2c1C(N)=O. The van der Waals surface area contributed by atoms with Gasteiger partial charge in [0.15, 0.2) is 0 Å². The van der Waals surface area contributed by atoms with E-state index in [-0.39, 0.29) is 11.4 Å². The second-order valence-electron chi connectivity index (χ2n) is 5.46. The van der Waals surface area contributed by atoms with E-state index in [0.717, 1.165) is 23.9 Å². The molecule has 0 unspecified atom stereocenters. The van der Waals surface area contributed by atoms with Crippen molar-refractivity contribution in [3.05, 3.63) is 35.4 Å². The number of hydrogen-bond acceptors (Lipinski definition) is 2. The first-order chi connectivity index (χ1) is 10.6. The number of H-pyrrole nitrogens is 1. The van der Waals surface area contributed by atoms with E-state index in [9.17, 15) is 9.59 Å². The van der Waals surface area contributed by atoms with Gasteiger partial charge in [-0.05, 0) is 42.9 Å². The molecule has 1 aliphatic rings. The van der Waals surface area contributed by atoms with Crippen LogP contribution in [-0.2, 0) is 0 Å². The van der Waals surface area contributed by atoms with Crippen molar-refractivity contribution in [2.45, 2.75) is 25.7 Å². The van der Waals surface area contributed by atoms with Crippen LogP contribution in [-0.4, -0.2) is 16.9 Å². The Labute approximate surface area is 127 Å². The minimum atomic E-state index is -0.746. The Morgan fingerprint density at radius 3 is 2.64 bits per heavy atom. The van der Waals surface area contributed by atoms with E-state index in [2.05, 4.69) is 16.4 Å². The zero-order valence-corrected chi connectivity index (χ0v) is 12.1. The number of benzene rings is 1. The molecule has 22 heavy (non-hydrogen) atoms. The molecule has 1 aromatic carbocycles.